The molecular formula is C24H28N6O5S2Si2. The largest absolute Gasteiger partial charge is 0.454 e. The number of aromatic nitrogens is 4. The summed E-state index contributed by atoms with van der Waals surface area (Å²) in [5.74, 6) is -1.32. The summed E-state index contributed by atoms with van der Waals surface area (Å²) < 4.78 is 6.69. The Hall–Kier alpha value is -2.99. The van der Waals surface area contributed by atoms with Crippen LogP contribution in [0, 0.1) is 0 Å². The first-order valence-electron chi connectivity index (χ1n) is 12.1. The Morgan fingerprint density at radius 1 is 0.615 bits per heavy atom. The van der Waals surface area contributed by atoms with E-state index in [4.69, 9.17) is 4.12 Å². The average molecular weight is 601 g/mol. The Balaban J connectivity index is 1.23. The van der Waals surface area contributed by atoms with Crippen LogP contribution in [0.25, 0.3) is 0 Å². The van der Waals surface area contributed by atoms with Crippen LogP contribution in [0.3, 0.4) is 0 Å². The minimum Gasteiger partial charge on any atom is -0.454 e. The third-order valence-electron chi connectivity index (χ3n) is 5.50. The van der Waals surface area contributed by atoms with Gasteiger partial charge in [-0.3, -0.25) is 29.0 Å². The smallest absolute Gasteiger partial charge is 0.253 e. The van der Waals surface area contributed by atoms with E-state index in [1.165, 1.54) is 47.8 Å². The van der Waals surface area contributed by atoms with Crippen LogP contribution in [0.2, 0.25) is 26.2 Å². The van der Waals surface area contributed by atoms with Crippen molar-refractivity contribution in [3.63, 3.8) is 0 Å². The minimum absolute atomic E-state index is 0.151. The second-order valence-electron chi connectivity index (χ2n) is 10.1. The van der Waals surface area contributed by atoms with Crippen LogP contribution in [-0.4, -0.2) is 80.8 Å². The zero-order valence-electron chi connectivity index (χ0n) is 22.0. The third-order valence-corrected chi connectivity index (χ3v) is 17.6. The first kappa shape index (κ1) is 29.0. The van der Waals surface area contributed by atoms with Crippen LogP contribution < -0.4 is 0 Å². The number of carbonyl (C=O) groups excluding carboxylic acids is 4. The van der Waals surface area contributed by atoms with Gasteiger partial charge >= 0.3 is 0 Å². The SMILES string of the molecule is C[Si](C)(CSc1ncc(CN2C(=O)C=CC2=O)cn1)O[Si](C)(C)CSc1ncc(CN2C(=O)C=CC2=O)cn1. The van der Waals surface area contributed by atoms with E-state index in [1.54, 1.807) is 24.8 Å². The molecule has 0 aromatic carbocycles. The number of imide groups is 2. The molecule has 11 nitrogen and oxygen atoms in total. The lowest BCUT2D eigenvalue weighted by atomic mass is 10.3. The van der Waals surface area contributed by atoms with Crippen molar-refractivity contribution < 1.29 is 23.3 Å². The summed E-state index contributed by atoms with van der Waals surface area (Å²) in [7, 11) is -4.11. The maximum Gasteiger partial charge on any atom is 0.253 e. The fourth-order valence-electron chi connectivity index (χ4n) is 3.82. The van der Waals surface area contributed by atoms with Gasteiger partial charge in [0.1, 0.15) is 0 Å². The van der Waals surface area contributed by atoms with Crippen molar-refractivity contribution in [2.45, 2.75) is 49.6 Å². The lowest BCUT2D eigenvalue weighted by Gasteiger charge is -2.33. The van der Waals surface area contributed by atoms with E-state index in [2.05, 4.69) is 46.1 Å². The third kappa shape index (κ3) is 8.01. The molecule has 0 saturated carbocycles. The highest BCUT2D eigenvalue weighted by atomic mass is 32.2. The van der Waals surface area contributed by atoms with Gasteiger partial charge in [0.2, 0.25) is 0 Å². The Kier molecular flexibility index (Phi) is 8.95. The normalized spacial score (nSPS) is 15.8. The van der Waals surface area contributed by atoms with Gasteiger partial charge in [0, 0.05) is 71.0 Å². The molecule has 0 spiro atoms. The maximum atomic E-state index is 11.7. The lowest BCUT2D eigenvalue weighted by molar-refractivity contribution is -0.139. The minimum atomic E-state index is -2.05. The number of hydrogen-bond acceptors (Lipinski definition) is 11. The van der Waals surface area contributed by atoms with E-state index < -0.39 is 16.6 Å². The van der Waals surface area contributed by atoms with Crippen LogP contribution >= 0.6 is 23.5 Å². The Morgan fingerprint density at radius 2 is 0.923 bits per heavy atom. The topological polar surface area (TPSA) is 136 Å². The first-order valence-corrected chi connectivity index (χ1v) is 20.3. The fourth-order valence-corrected chi connectivity index (χ4v) is 15.7. The number of amides is 4. The highest BCUT2D eigenvalue weighted by Crippen LogP contribution is 2.26. The molecule has 0 N–H and O–H groups in total. The molecule has 4 amide bonds. The summed E-state index contributed by atoms with van der Waals surface area (Å²) in [6, 6.07) is 0. The predicted molar refractivity (Wildman–Crippen MR) is 151 cm³/mol. The molecule has 39 heavy (non-hydrogen) atoms. The maximum absolute atomic E-state index is 11.7. The van der Waals surface area contributed by atoms with Gasteiger partial charge in [-0.25, -0.2) is 19.9 Å². The van der Waals surface area contributed by atoms with E-state index in [1.807, 2.05) is 0 Å². The van der Waals surface area contributed by atoms with Crippen molar-refractivity contribution in [1.29, 1.82) is 0 Å². The molecule has 0 atom stereocenters. The number of thioether (sulfide) groups is 2. The molecule has 2 aromatic heterocycles. The molecule has 2 aliphatic heterocycles. The molecule has 0 radical (unpaired) electrons. The van der Waals surface area contributed by atoms with Crippen LogP contribution in [0.1, 0.15) is 11.1 Å². The van der Waals surface area contributed by atoms with E-state index in [9.17, 15) is 19.2 Å². The summed E-state index contributed by atoms with van der Waals surface area (Å²) in [5, 5.41) is 2.79. The second-order valence-corrected chi connectivity index (χ2v) is 21.6. The van der Waals surface area contributed by atoms with Crippen LogP contribution in [0.4, 0.5) is 0 Å². The molecular weight excluding hydrogens is 573 g/mol. The summed E-state index contributed by atoms with van der Waals surface area (Å²) in [6.45, 7) is 8.99. The number of rotatable bonds is 12. The van der Waals surface area contributed by atoms with Crippen LogP contribution in [-0.2, 0) is 36.4 Å². The molecule has 0 fully saturated rings. The molecule has 0 aliphatic carbocycles. The van der Waals surface area contributed by atoms with Crippen molar-refractivity contribution in [2.75, 3.05) is 10.8 Å². The lowest BCUT2D eigenvalue weighted by Crippen LogP contribution is -2.48. The fraction of sp³-hybridized carbons (Fsp3) is 0.333. The molecule has 2 aliphatic rings. The zero-order valence-corrected chi connectivity index (χ0v) is 25.6. The monoisotopic (exact) mass is 600 g/mol. The van der Waals surface area contributed by atoms with Crippen molar-refractivity contribution in [3.8, 4) is 0 Å². The molecule has 15 heteroatoms. The van der Waals surface area contributed by atoms with E-state index in [-0.39, 0.29) is 36.7 Å². The number of carbonyl (C=O) groups is 4. The van der Waals surface area contributed by atoms with Gasteiger partial charge in [-0.05, 0) is 26.2 Å². The molecule has 204 valence electrons. The average Bonchev–Trinajstić information content (AvgIpc) is 3.37. The molecule has 4 heterocycles. The second kappa shape index (κ2) is 12.0. The number of hydrogen-bond donors (Lipinski definition) is 0. The Bertz CT molecular complexity index is 1200. The van der Waals surface area contributed by atoms with Gasteiger partial charge in [0.05, 0.1) is 13.1 Å². The number of nitrogens with zero attached hydrogens (tertiary/aromatic N) is 6. The molecule has 0 bridgehead atoms. The summed E-state index contributed by atoms with van der Waals surface area (Å²) in [5.41, 5.74) is 1.38. The quantitative estimate of drug-likeness (QED) is 0.154. The predicted octanol–water partition coefficient (Wildman–Crippen LogP) is 2.51. The van der Waals surface area contributed by atoms with Gasteiger partial charge in [-0.2, -0.15) is 0 Å². The first-order chi connectivity index (χ1) is 18.4. The Labute approximate surface area is 236 Å². The zero-order chi connectivity index (χ0) is 28.2. The van der Waals surface area contributed by atoms with E-state index >= 15 is 0 Å². The van der Waals surface area contributed by atoms with Crippen LogP contribution in [0.15, 0.2) is 59.4 Å². The van der Waals surface area contributed by atoms with E-state index in [0.717, 1.165) is 20.6 Å². The molecule has 0 saturated heterocycles. The van der Waals surface area contributed by atoms with Gasteiger partial charge in [0.15, 0.2) is 26.9 Å². The standard InChI is InChI=1S/C24H28N6O5S2Si2/c1-38(2,15-36-23-25-9-17(10-26-23)13-29-19(31)5-6-20(29)32)35-39(3,4)16-37-24-27-11-18(12-28-24)14-30-21(33)7-8-22(30)34/h5-12H,13-16H2,1-4H3. The van der Waals surface area contributed by atoms with Gasteiger partial charge < -0.3 is 4.12 Å². The van der Waals surface area contributed by atoms with Crippen molar-refractivity contribution in [1.82, 2.24) is 29.7 Å². The van der Waals surface area contributed by atoms with Crippen molar-refractivity contribution >= 4 is 63.8 Å². The Morgan fingerprint density at radius 3 is 1.23 bits per heavy atom. The molecule has 4 rings (SSSR count). The van der Waals surface area contributed by atoms with Gasteiger partial charge in [0.25, 0.3) is 23.6 Å². The van der Waals surface area contributed by atoms with Crippen LogP contribution in [0.5, 0.6) is 0 Å². The molecule has 0 unspecified atom stereocenters. The molecule has 2 aromatic rings. The van der Waals surface area contributed by atoms with Gasteiger partial charge in [-0.1, -0.05) is 23.5 Å². The summed E-state index contributed by atoms with van der Waals surface area (Å²) in [6.07, 6.45) is 11.6. The highest BCUT2D eigenvalue weighted by Gasteiger charge is 2.34. The summed E-state index contributed by atoms with van der Waals surface area (Å²) in [4.78, 5) is 66.8. The van der Waals surface area contributed by atoms with Gasteiger partial charge in [-0.15, -0.1) is 0 Å². The summed E-state index contributed by atoms with van der Waals surface area (Å²) >= 11 is 3.08. The van der Waals surface area contributed by atoms with Crippen molar-refractivity contribution in [3.05, 3.63) is 60.2 Å². The van der Waals surface area contributed by atoms with E-state index in [0.29, 0.717) is 21.4 Å². The highest BCUT2D eigenvalue weighted by molar-refractivity contribution is 8.01. The van der Waals surface area contributed by atoms with Crippen molar-refractivity contribution in [2.24, 2.45) is 0 Å².